The van der Waals surface area contributed by atoms with Crippen LogP contribution in [0, 0.1) is 18.8 Å². The average Bonchev–Trinajstić information content (AvgIpc) is 3.12. The lowest BCUT2D eigenvalue weighted by molar-refractivity contribution is -0.120. The highest BCUT2D eigenvalue weighted by Gasteiger charge is 2.30. The van der Waals surface area contributed by atoms with Gasteiger partial charge < -0.3 is 14.9 Å². The van der Waals surface area contributed by atoms with Gasteiger partial charge in [0.2, 0.25) is 10.0 Å². The molecule has 2 aromatic rings. The number of fused-ring (bicyclic) bond motifs is 1. The average molecular weight is 571 g/mol. The molecule has 2 amide bonds. The SMILES string of the molecule is Cc1c(C(=O)NC(CC(C)C)C(=O)N=CC2CCCN(S(=O)(=O)/C=C/C=C\C=N\O)CC2=O)oc2ccccc12. The first-order chi connectivity index (χ1) is 19.0. The van der Waals surface area contributed by atoms with Crippen molar-refractivity contribution in [2.24, 2.45) is 22.0 Å². The topological polar surface area (TPSA) is 159 Å². The molecule has 2 N–H and O–H groups in total. The third-order valence-corrected chi connectivity index (χ3v) is 7.93. The highest BCUT2D eigenvalue weighted by Crippen LogP contribution is 2.25. The Morgan fingerprint density at radius 2 is 1.98 bits per heavy atom. The quantitative estimate of drug-likeness (QED) is 0.191. The van der Waals surface area contributed by atoms with E-state index in [1.807, 2.05) is 26.0 Å². The second-order valence-corrected chi connectivity index (χ2v) is 11.7. The summed E-state index contributed by atoms with van der Waals surface area (Å²) in [5.41, 5.74) is 1.24. The van der Waals surface area contributed by atoms with Gasteiger partial charge in [0.25, 0.3) is 11.8 Å². The fourth-order valence-corrected chi connectivity index (χ4v) is 5.49. The maximum atomic E-state index is 13.1. The predicted molar refractivity (Wildman–Crippen MR) is 152 cm³/mol. The minimum atomic E-state index is -3.86. The number of allylic oxidation sites excluding steroid dienone is 3. The molecule has 3 rings (SSSR count). The largest absolute Gasteiger partial charge is 0.451 e. The van der Waals surface area contributed by atoms with Crippen LogP contribution in [0.3, 0.4) is 0 Å². The lowest BCUT2D eigenvalue weighted by Gasteiger charge is -2.17. The number of amides is 2. The standard InChI is InChI=1S/C28H34N4O7S/c1-19(2)16-23(31-28(35)26-20(3)22-11-5-6-12-25(22)39-26)27(34)29-17-21-10-9-14-32(18-24(21)33)40(37,38)15-8-4-7-13-30-36/h4-8,11-13,15,17,19,21,23,36H,9-10,14,16,18H2,1-3H3,(H,31,35)/b7-4-,15-8+,29-17?,30-13+. The number of para-hydroxylation sites is 1. The van der Waals surface area contributed by atoms with Crippen molar-refractivity contribution in [2.75, 3.05) is 13.1 Å². The summed E-state index contributed by atoms with van der Waals surface area (Å²) in [6.45, 7) is 5.39. The first-order valence-electron chi connectivity index (χ1n) is 12.9. The van der Waals surface area contributed by atoms with Crippen LogP contribution in [0.5, 0.6) is 0 Å². The van der Waals surface area contributed by atoms with E-state index in [9.17, 15) is 22.8 Å². The molecule has 1 aliphatic rings. The normalized spacial score (nSPS) is 18.5. The van der Waals surface area contributed by atoms with E-state index < -0.39 is 33.8 Å². The van der Waals surface area contributed by atoms with E-state index in [1.54, 1.807) is 19.1 Å². The molecule has 11 nitrogen and oxygen atoms in total. The minimum absolute atomic E-state index is 0.0679. The monoisotopic (exact) mass is 570 g/mol. The van der Waals surface area contributed by atoms with Gasteiger partial charge in [-0.2, -0.15) is 4.31 Å². The van der Waals surface area contributed by atoms with E-state index in [2.05, 4.69) is 15.5 Å². The molecule has 1 saturated heterocycles. The van der Waals surface area contributed by atoms with Crippen LogP contribution >= 0.6 is 0 Å². The van der Waals surface area contributed by atoms with Gasteiger partial charge in [0, 0.05) is 29.1 Å². The van der Waals surface area contributed by atoms with Crippen molar-refractivity contribution >= 4 is 51.0 Å². The highest BCUT2D eigenvalue weighted by atomic mass is 32.2. The number of nitrogens with zero attached hydrogens (tertiary/aromatic N) is 3. The lowest BCUT2D eigenvalue weighted by Crippen LogP contribution is -2.41. The van der Waals surface area contributed by atoms with Crippen molar-refractivity contribution in [3.05, 3.63) is 59.2 Å². The number of aryl methyl sites for hydroxylation is 1. The summed E-state index contributed by atoms with van der Waals surface area (Å²) in [6, 6.07) is 6.34. The fraction of sp³-hybridized carbons (Fsp3) is 0.393. The molecule has 2 unspecified atom stereocenters. The molecule has 0 radical (unpaired) electrons. The Morgan fingerprint density at radius 1 is 1.23 bits per heavy atom. The van der Waals surface area contributed by atoms with Crippen molar-refractivity contribution in [3.63, 3.8) is 0 Å². The van der Waals surface area contributed by atoms with Gasteiger partial charge in [-0.25, -0.2) is 13.4 Å². The van der Waals surface area contributed by atoms with Crippen LogP contribution < -0.4 is 5.32 Å². The summed E-state index contributed by atoms with van der Waals surface area (Å²) < 4.78 is 32.0. The van der Waals surface area contributed by atoms with E-state index in [-0.39, 0.29) is 30.6 Å². The number of furan rings is 1. The molecule has 0 spiro atoms. The number of hydrogen-bond donors (Lipinski definition) is 2. The Morgan fingerprint density at radius 3 is 2.67 bits per heavy atom. The number of nitrogens with one attached hydrogen (secondary N) is 1. The predicted octanol–water partition coefficient (Wildman–Crippen LogP) is 3.62. The van der Waals surface area contributed by atoms with Crippen LogP contribution in [0.15, 0.2) is 62.5 Å². The number of oxime groups is 1. The number of carbonyl (C=O) groups excluding carboxylic acids is 3. The molecule has 1 aromatic carbocycles. The maximum absolute atomic E-state index is 13.1. The molecular weight excluding hydrogens is 536 g/mol. The zero-order chi connectivity index (χ0) is 29.3. The van der Waals surface area contributed by atoms with Crippen LogP contribution in [0.2, 0.25) is 0 Å². The summed E-state index contributed by atoms with van der Waals surface area (Å²) in [5.74, 6) is -2.05. The Balaban J connectivity index is 1.69. The molecule has 2 heterocycles. The Bertz CT molecular complexity index is 1450. The van der Waals surface area contributed by atoms with Gasteiger partial charge in [-0.05, 0) is 50.3 Å². The zero-order valence-electron chi connectivity index (χ0n) is 22.7. The van der Waals surface area contributed by atoms with E-state index in [1.165, 1.54) is 24.4 Å². The Labute approximate surface area is 233 Å². The van der Waals surface area contributed by atoms with Gasteiger partial charge in [-0.1, -0.05) is 43.3 Å². The fourth-order valence-electron chi connectivity index (χ4n) is 4.34. The highest BCUT2D eigenvalue weighted by molar-refractivity contribution is 7.92. The summed E-state index contributed by atoms with van der Waals surface area (Å²) >= 11 is 0. The van der Waals surface area contributed by atoms with Crippen LogP contribution in [-0.2, 0) is 19.6 Å². The smallest absolute Gasteiger partial charge is 0.287 e. The number of carbonyl (C=O) groups is 3. The molecule has 0 aliphatic carbocycles. The number of Topliss-reactive ketones (excluding diaryl/α,β-unsaturated/α-hetero) is 1. The van der Waals surface area contributed by atoms with Crippen molar-refractivity contribution in [3.8, 4) is 0 Å². The first-order valence-corrected chi connectivity index (χ1v) is 14.4. The first kappa shape index (κ1) is 30.6. The third-order valence-electron chi connectivity index (χ3n) is 6.40. The number of sulfonamides is 1. The van der Waals surface area contributed by atoms with Crippen molar-refractivity contribution in [1.29, 1.82) is 0 Å². The number of rotatable bonds is 10. The van der Waals surface area contributed by atoms with Crippen molar-refractivity contribution in [1.82, 2.24) is 9.62 Å². The molecule has 12 heteroatoms. The molecule has 0 saturated carbocycles. The molecule has 214 valence electrons. The third kappa shape index (κ3) is 8.06. The van der Waals surface area contributed by atoms with Crippen LogP contribution in [0.1, 0.15) is 49.2 Å². The van der Waals surface area contributed by atoms with Crippen molar-refractivity contribution < 1.29 is 32.4 Å². The molecule has 0 bridgehead atoms. The number of aliphatic imine (C=N–C) groups is 1. The molecule has 2 atom stereocenters. The van der Waals surface area contributed by atoms with Gasteiger partial charge in [0.1, 0.15) is 11.6 Å². The Kier molecular flexibility index (Phi) is 10.7. The molecule has 1 aromatic heterocycles. The second-order valence-electron chi connectivity index (χ2n) is 9.90. The van der Waals surface area contributed by atoms with E-state index in [4.69, 9.17) is 9.62 Å². The van der Waals surface area contributed by atoms with E-state index in [0.717, 1.165) is 21.3 Å². The minimum Gasteiger partial charge on any atom is -0.451 e. The number of ketones is 1. The number of benzene rings is 1. The number of hydrogen-bond acceptors (Lipinski definition) is 8. The van der Waals surface area contributed by atoms with Gasteiger partial charge in [0.05, 0.1) is 18.7 Å². The summed E-state index contributed by atoms with van der Waals surface area (Å²) in [6.07, 6.45) is 7.38. The van der Waals surface area contributed by atoms with Gasteiger partial charge in [-0.3, -0.25) is 14.4 Å². The Hall–Kier alpha value is -3.90. The van der Waals surface area contributed by atoms with E-state index in [0.29, 0.717) is 30.4 Å². The van der Waals surface area contributed by atoms with Crippen LogP contribution in [0.4, 0.5) is 0 Å². The molecular formula is C28H34N4O7S. The van der Waals surface area contributed by atoms with E-state index >= 15 is 0 Å². The van der Waals surface area contributed by atoms with Gasteiger partial charge in [0.15, 0.2) is 11.5 Å². The van der Waals surface area contributed by atoms with Crippen LogP contribution in [-0.4, -0.2) is 67.1 Å². The van der Waals surface area contributed by atoms with Gasteiger partial charge >= 0.3 is 0 Å². The maximum Gasteiger partial charge on any atom is 0.287 e. The van der Waals surface area contributed by atoms with Crippen LogP contribution in [0.25, 0.3) is 11.0 Å². The summed E-state index contributed by atoms with van der Waals surface area (Å²) in [4.78, 5) is 43.0. The lowest BCUT2D eigenvalue weighted by atomic mass is 10.0. The van der Waals surface area contributed by atoms with Gasteiger partial charge in [-0.15, -0.1) is 0 Å². The molecule has 40 heavy (non-hydrogen) atoms. The summed E-state index contributed by atoms with van der Waals surface area (Å²) in [7, 11) is -3.86. The molecule has 1 aliphatic heterocycles. The summed E-state index contributed by atoms with van der Waals surface area (Å²) in [5, 5.41) is 15.6. The van der Waals surface area contributed by atoms with Crippen molar-refractivity contribution in [2.45, 2.75) is 46.1 Å². The molecule has 1 fully saturated rings. The zero-order valence-corrected chi connectivity index (χ0v) is 23.5. The second kappa shape index (κ2) is 13.9.